The lowest BCUT2D eigenvalue weighted by molar-refractivity contribution is -0.120. The van der Waals surface area contributed by atoms with E-state index in [2.05, 4.69) is 10.1 Å². The minimum atomic E-state index is -3.84. The first-order valence-electron chi connectivity index (χ1n) is 11.2. The fourth-order valence-electron chi connectivity index (χ4n) is 4.58. The second-order valence-corrected chi connectivity index (χ2v) is 12.1. The number of carbonyl (C=O) groups excluding carboxylic acids is 1. The lowest BCUT2D eigenvalue weighted by Gasteiger charge is -2.18. The minimum Gasteiger partial charge on any atom is -0.291 e. The maximum absolute atomic E-state index is 13.3. The number of hydrogen-bond acceptors (Lipinski definition) is 5. The quantitative estimate of drug-likeness (QED) is 0.646. The van der Waals surface area contributed by atoms with Crippen molar-refractivity contribution < 1.29 is 13.2 Å². The smallest absolute Gasteiger partial charge is 0.291 e. The molecular formula is C22H26N4O5S. The number of amides is 1. The Morgan fingerprint density at radius 1 is 1.19 bits per heavy atom. The molecule has 1 aromatic heterocycles. The number of aryl methyl sites for hydroxylation is 1. The number of benzene rings is 1. The largest absolute Gasteiger partial charge is 0.350 e. The van der Waals surface area contributed by atoms with Gasteiger partial charge in [-0.25, -0.2) is 17.9 Å². The molecule has 4 saturated carbocycles. The van der Waals surface area contributed by atoms with Gasteiger partial charge in [0.05, 0.1) is 21.2 Å². The van der Waals surface area contributed by atoms with Crippen LogP contribution in [0.15, 0.2) is 26.6 Å². The third-order valence-electron chi connectivity index (χ3n) is 7.60. The van der Waals surface area contributed by atoms with Crippen molar-refractivity contribution in [2.24, 2.45) is 17.3 Å². The molecule has 0 bridgehead atoms. The van der Waals surface area contributed by atoms with Gasteiger partial charge in [0.15, 0.2) is 0 Å². The number of rotatable bonds is 7. The Kier molecular flexibility index (Phi) is 3.85. The number of fused-ring (bicyclic) bond motifs is 2. The van der Waals surface area contributed by atoms with Crippen LogP contribution in [0.3, 0.4) is 0 Å². The second-order valence-electron chi connectivity index (χ2n) is 10.5. The number of carbonyl (C=O) groups is 1. The van der Waals surface area contributed by atoms with E-state index in [0.717, 1.165) is 43.2 Å². The van der Waals surface area contributed by atoms with Gasteiger partial charge in [0.25, 0.3) is 5.56 Å². The molecule has 1 amide bonds. The van der Waals surface area contributed by atoms with Gasteiger partial charge in [-0.1, -0.05) is 0 Å². The predicted molar refractivity (Wildman–Crippen MR) is 117 cm³/mol. The summed E-state index contributed by atoms with van der Waals surface area (Å²) in [5.41, 5.74) is 1.26. The van der Waals surface area contributed by atoms with Crippen molar-refractivity contribution in [3.63, 3.8) is 0 Å². The van der Waals surface area contributed by atoms with E-state index in [9.17, 15) is 22.8 Å². The fraction of sp³-hybridized carbons (Fsp3) is 0.591. The average Bonchev–Trinajstić information content (AvgIpc) is 3.50. The minimum absolute atomic E-state index is 0.0211. The Morgan fingerprint density at radius 3 is 2.41 bits per heavy atom. The van der Waals surface area contributed by atoms with Gasteiger partial charge in [-0.2, -0.15) is 4.68 Å². The third-order valence-corrected chi connectivity index (χ3v) is 9.38. The van der Waals surface area contributed by atoms with Gasteiger partial charge in [0, 0.05) is 12.1 Å². The first kappa shape index (κ1) is 20.2. The zero-order valence-corrected chi connectivity index (χ0v) is 18.9. The molecule has 4 fully saturated rings. The summed E-state index contributed by atoms with van der Waals surface area (Å²) in [4.78, 5) is 39.2. The molecule has 2 aromatic rings. The molecule has 1 heterocycles. The lowest BCUT2D eigenvalue weighted by Crippen LogP contribution is -2.48. The summed E-state index contributed by atoms with van der Waals surface area (Å²) in [6, 6.07) is 2.95. The second kappa shape index (κ2) is 6.11. The highest BCUT2D eigenvalue weighted by Crippen LogP contribution is 2.75. The van der Waals surface area contributed by atoms with E-state index in [4.69, 9.17) is 0 Å². The molecule has 6 rings (SSSR count). The molecule has 4 aliphatic carbocycles. The van der Waals surface area contributed by atoms with Crippen LogP contribution in [0.1, 0.15) is 51.0 Å². The van der Waals surface area contributed by atoms with E-state index in [1.807, 2.05) is 6.92 Å². The summed E-state index contributed by atoms with van der Waals surface area (Å²) in [5, 5.41) is 0.109. The Balaban J connectivity index is 1.51. The Morgan fingerprint density at radius 2 is 1.84 bits per heavy atom. The van der Waals surface area contributed by atoms with Gasteiger partial charge < -0.3 is 0 Å². The number of nitrogens with zero attached hydrogens (tertiary/aromatic N) is 2. The van der Waals surface area contributed by atoms with Gasteiger partial charge in [0.1, 0.15) is 0 Å². The summed E-state index contributed by atoms with van der Waals surface area (Å²) in [6.07, 6.45) is 5.12. The van der Waals surface area contributed by atoms with Crippen molar-refractivity contribution >= 4 is 26.8 Å². The Hall–Kier alpha value is -2.46. The third kappa shape index (κ3) is 3.07. The monoisotopic (exact) mass is 458 g/mol. The van der Waals surface area contributed by atoms with E-state index in [1.54, 1.807) is 13.0 Å². The molecule has 4 aliphatic rings. The molecule has 0 radical (unpaired) electrons. The van der Waals surface area contributed by atoms with Gasteiger partial charge in [-0.05, 0) is 81.9 Å². The number of hydrogen-bond donors (Lipinski definition) is 2. The summed E-state index contributed by atoms with van der Waals surface area (Å²) in [7, 11) is -3.84. The van der Waals surface area contributed by atoms with Crippen LogP contribution in [0.2, 0.25) is 0 Å². The molecule has 0 spiro atoms. The van der Waals surface area contributed by atoms with Crippen molar-refractivity contribution in [2.45, 2.75) is 69.4 Å². The molecule has 0 aliphatic heterocycles. The number of nitrogens with one attached hydrogen (secondary N) is 2. The number of aromatic nitrogens is 2. The maximum atomic E-state index is 13.3. The molecule has 2 N–H and O–H groups in total. The summed E-state index contributed by atoms with van der Waals surface area (Å²) in [6.45, 7) is 3.95. The van der Waals surface area contributed by atoms with Gasteiger partial charge in [0.2, 0.25) is 15.9 Å². The standard InChI is InChI=1S/C22H26N4O5S/c1-12-7-16-15(8-17(12)32(30,31)24-21(2)5-6-21)18(27)26(20(29)25(16)11-13-3-4-13)23-19(28)22-9-14(22)10-22/h7-8,13-14,24H,3-6,9-11H2,1-2H3,(H,23,28). The van der Waals surface area contributed by atoms with Crippen molar-refractivity contribution in [3.8, 4) is 0 Å². The van der Waals surface area contributed by atoms with E-state index < -0.39 is 32.2 Å². The van der Waals surface area contributed by atoms with Crippen LogP contribution >= 0.6 is 0 Å². The first-order chi connectivity index (χ1) is 15.0. The molecule has 10 heteroatoms. The van der Waals surface area contributed by atoms with Crippen molar-refractivity contribution in [3.05, 3.63) is 38.5 Å². The van der Waals surface area contributed by atoms with Crippen LogP contribution in [0.5, 0.6) is 0 Å². The maximum Gasteiger partial charge on any atom is 0.350 e. The molecule has 170 valence electrons. The predicted octanol–water partition coefficient (Wildman–Crippen LogP) is 1.19. The van der Waals surface area contributed by atoms with Crippen LogP contribution in [0, 0.1) is 24.2 Å². The summed E-state index contributed by atoms with van der Waals surface area (Å²) >= 11 is 0. The highest BCUT2D eigenvalue weighted by molar-refractivity contribution is 7.89. The van der Waals surface area contributed by atoms with E-state index >= 15 is 0 Å². The number of sulfonamides is 1. The van der Waals surface area contributed by atoms with Crippen molar-refractivity contribution in [1.29, 1.82) is 0 Å². The van der Waals surface area contributed by atoms with Crippen LogP contribution in [0.4, 0.5) is 0 Å². The first-order valence-corrected chi connectivity index (χ1v) is 12.7. The van der Waals surface area contributed by atoms with Gasteiger partial charge in [-0.3, -0.25) is 19.6 Å². The summed E-state index contributed by atoms with van der Waals surface area (Å²) in [5.74, 6) is 0.400. The topological polar surface area (TPSA) is 119 Å². The van der Waals surface area contributed by atoms with Crippen molar-refractivity contribution in [2.75, 3.05) is 5.43 Å². The van der Waals surface area contributed by atoms with E-state index in [-0.39, 0.29) is 16.2 Å². The van der Waals surface area contributed by atoms with Crippen molar-refractivity contribution in [1.82, 2.24) is 14.0 Å². The fourth-order valence-corrected chi connectivity index (χ4v) is 6.29. The molecular weight excluding hydrogens is 432 g/mol. The van der Waals surface area contributed by atoms with Gasteiger partial charge >= 0.3 is 5.69 Å². The summed E-state index contributed by atoms with van der Waals surface area (Å²) < 4.78 is 31.1. The molecule has 0 unspecified atom stereocenters. The lowest BCUT2D eigenvalue weighted by atomic mass is 10.1. The highest BCUT2D eigenvalue weighted by Gasteiger charge is 2.74. The Bertz CT molecular complexity index is 1420. The molecule has 32 heavy (non-hydrogen) atoms. The van der Waals surface area contributed by atoms with E-state index in [1.165, 1.54) is 10.6 Å². The molecule has 0 atom stereocenters. The molecule has 1 aromatic carbocycles. The Labute approximate surface area is 184 Å². The zero-order valence-electron chi connectivity index (χ0n) is 18.1. The average molecular weight is 459 g/mol. The zero-order chi connectivity index (χ0) is 22.6. The van der Waals surface area contributed by atoms with Crippen LogP contribution in [-0.4, -0.2) is 29.1 Å². The van der Waals surface area contributed by atoms with Gasteiger partial charge in [-0.15, -0.1) is 0 Å². The molecule has 0 saturated heterocycles. The van der Waals surface area contributed by atoms with E-state index in [0.29, 0.717) is 29.5 Å². The molecule has 9 nitrogen and oxygen atoms in total. The SMILES string of the molecule is Cc1cc2c(cc1S(=O)(=O)NC1(C)CC1)c(=O)n(NC(=O)C13CC1C3)c(=O)n2CC1CC1. The van der Waals surface area contributed by atoms with Crippen LogP contribution < -0.4 is 21.4 Å². The van der Waals surface area contributed by atoms with Crippen LogP contribution in [-0.2, 0) is 21.4 Å². The highest BCUT2D eigenvalue weighted by atomic mass is 32.2. The normalized spacial score (nSPS) is 27.1. The van der Waals surface area contributed by atoms with Crippen LogP contribution in [0.25, 0.3) is 10.9 Å².